The maximum atomic E-state index is 4.75. The fraction of sp³-hybridized carbons (Fsp3) is 0.100. The van der Waals surface area contributed by atoms with E-state index in [4.69, 9.17) is 12.2 Å². The molecule has 0 unspecified atom stereocenters. The Kier molecular flexibility index (Phi) is 2.37. The fourth-order valence-electron chi connectivity index (χ4n) is 1.31. The molecule has 2 aromatic rings. The number of benzene rings is 1. The Morgan fingerprint density at radius 1 is 1.21 bits per heavy atom. The molecule has 0 fully saturated rings. The standard InChI is InChI=1S/C10H9N3S/c1-8-10(12-13(7-14)11-8)9-5-3-2-4-6-9/h2-7H,1H3. The van der Waals surface area contributed by atoms with Gasteiger partial charge >= 0.3 is 0 Å². The van der Waals surface area contributed by atoms with Crippen LogP contribution in [0.5, 0.6) is 0 Å². The van der Waals surface area contributed by atoms with E-state index < -0.39 is 0 Å². The van der Waals surface area contributed by atoms with Gasteiger partial charge in [0.2, 0.25) is 0 Å². The van der Waals surface area contributed by atoms with Crippen LogP contribution in [0.15, 0.2) is 30.3 Å². The average Bonchev–Trinajstić information content (AvgIpc) is 2.61. The molecule has 0 bridgehead atoms. The SMILES string of the molecule is Cc1nn(C=S)nc1-c1ccccc1. The Hall–Kier alpha value is -1.55. The molecule has 0 radical (unpaired) electrons. The summed E-state index contributed by atoms with van der Waals surface area (Å²) in [6.07, 6.45) is 0. The van der Waals surface area contributed by atoms with Gasteiger partial charge in [-0.05, 0) is 6.92 Å². The van der Waals surface area contributed by atoms with Crippen molar-refractivity contribution in [2.45, 2.75) is 6.92 Å². The maximum absolute atomic E-state index is 4.75. The van der Waals surface area contributed by atoms with E-state index >= 15 is 0 Å². The molecule has 0 amide bonds. The van der Waals surface area contributed by atoms with Crippen molar-refractivity contribution >= 4 is 17.7 Å². The summed E-state index contributed by atoms with van der Waals surface area (Å²) in [6, 6.07) is 9.94. The van der Waals surface area contributed by atoms with Gasteiger partial charge in [0, 0.05) is 5.56 Å². The highest BCUT2D eigenvalue weighted by Gasteiger charge is 2.06. The highest BCUT2D eigenvalue weighted by atomic mass is 32.1. The van der Waals surface area contributed by atoms with Gasteiger partial charge < -0.3 is 0 Å². The number of rotatable bonds is 2. The lowest BCUT2D eigenvalue weighted by molar-refractivity contribution is 0.820. The Labute approximate surface area is 87.4 Å². The van der Waals surface area contributed by atoms with E-state index in [1.807, 2.05) is 37.3 Å². The molecule has 0 aliphatic carbocycles. The summed E-state index contributed by atoms with van der Waals surface area (Å²) in [7, 11) is 0. The molecule has 0 N–H and O–H groups in total. The van der Waals surface area contributed by atoms with Gasteiger partial charge in [0.15, 0.2) is 0 Å². The second-order valence-electron chi connectivity index (χ2n) is 2.93. The molecule has 14 heavy (non-hydrogen) atoms. The summed E-state index contributed by atoms with van der Waals surface area (Å²) in [6.45, 7) is 1.92. The van der Waals surface area contributed by atoms with Crippen LogP contribution in [0.3, 0.4) is 0 Å². The molecule has 70 valence electrons. The predicted octanol–water partition coefficient (Wildman–Crippen LogP) is 2.06. The zero-order chi connectivity index (χ0) is 9.97. The first kappa shape index (κ1) is 9.02. The van der Waals surface area contributed by atoms with Crippen molar-refractivity contribution in [3.05, 3.63) is 36.0 Å². The van der Waals surface area contributed by atoms with Gasteiger partial charge in [-0.1, -0.05) is 42.5 Å². The van der Waals surface area contributed by atoms with Gasteiger partial charge in [-0.2, -0.15) is 5.10 Å². The lowest BCUT2D eigenvalue weighted by atomic mass is 10.1. The molecule has 0 atom stereocenters. The summed E-state index contributed by atoms with van der Waals surface area (Å²) in [4.78, 5) is 1.41. The van der Waals surface area contributed by atoms with E-state index in [-0.39, 0.29) is 0 Å². The van der Waals surface area contributed by atoms with Crippen molar-refractivity contribution in [1.29, 1.82) is 0 Å². The highest BCUT2D eigenvalue weighted by molar-refractivity contribution is 7.78. The van der Waals surface area contributed by atoms with Crippen molar-refractivity contribution < 1.29 is 0 Å². The van der Waals surface area contributed by atoms with E-state index in [9.17, 15) is 0 Å². The van der Waals surface area contributed by atoms with Crippen LogP contribution in [-0.2, 0) is 0 Å². The number of nitrogens with zero attached hydrogens (tertiary/aromatic N) is 3. The fourth-order valence-corrected chi connectivity index (χ4v) is 1.40. The molecule has 0 saturated heterocycles. The van der Waals surface area contributed by atoms with Crippen molar-refractivity contribution in [3.63, 3.8) is 0 Å². The second-order valence-corrected chi connectivity index (χ2v) is 3.14. The molecule has 0 saturated carbocycles. The van der Waals surface area contributed by atoms with Crippen LogP contribution in [0.4, 0.5) is 0 Å². The van der Waals surface area contributed by atoms with Crippen LogP contribution in [0.1, 0.15) is 5.69 Å². The third kappa shape index (κ3) is 1.56. The van der Waals surface area contributed by atoms with Crippen LogP contribution in [0.2, 0.25) is 0 Å². The maximum Gasteiger partial charge on any atom is 0.116 e. The molecule has 1 aromatic carbocycles. The number of aromatic nitrogens is 3. The minimum absolute atomic E-state index is 0.881. The molecule has 0 aliphatic heterocycles. The van der Waals surface area contributed by atoms with Crippen molar-refractivity contribution in [3.8, 4) is 11.3 Å². The summed E-state index contributed by atoms with van der Waals surface area (Å²) in [5, 5.41) is 8.40. The molecule has 0 aliphatic rings. The summed E-state index contributed by atoms with van der Waals surface area (Å²) in [5.74, 6) is 0. The van der Waals surface area contributed by atoms with Crippen molar-refractivity contribution in [1.82, 2.24) is 15.0 Å². The quantitative estimate of drug-likeness (QED) is 0.700. The molecular weight excluding hydrogens is 194 g/mol. The molecule has 2 rings (SSSR count). The van der Waals surface area contributed by atoms with Crippen LogP contribution >= 0.6 is 12.2 Å². The lowest BCUT2D eigenvalue weighted by Crippen LogP contribution is -1.97. The Bertz CT molecular complexity index is 448. The Morgan fingerprint density at radius 2 is 1.93 bits per heavy atom. The number of aryl methyl sites for hydroxylation is 1. The third-order valence-electron chi connectivity index (χ3n) is 1.94. The van der Waals surface area contributed by atoms with Gasteiger partial charge in [0.25, 0.3) is 0 Å². The molecular formula is C10H9N3S. The normalized spacial score (nSPS) is 10.1. The minimum Gasteiger partial charge on any atom is -0.153 e. The van der Waals surface area contributed by atoms with Crippen LogP contribution in [-0.4, -0.2) is 20.5 Å². The molecule has 4 heteroatoms. The van der Waals surface area contributed by atoms with Crippen LogP contribution < -0.4 is 0 Å². The average molecular weight is 203 g/mol. The predicted molar refractivity (Wildman–Crippen MR) is 59.2 cm³/mol. The number of thiocarbonyl (C=S) groups is 1. The van der Waals surface area contributed by atoms with Crippen molar-refractivity contribution in [2.75, 3.05) is 0 Å². The first-order chi connectivity index (χ1) is 6.81. The van der Waals surface area contributed by atoms with E-state index in [0.29, 0.717) is 0 Å². The molecule has 1 aromatic heterocycles. The second kappa shape index (κ2) is 3.67. The third-order valence-corrected chi connectivity index (χ3v) is 2.13. The smallest absolute Gasteiger partial charge is 0.116 e. The zero-order valence-electron chi connectivity index (χ0n) is 7.71. The minimum atomic E-state index is 0.881. The molecule has 3 nitrogen and oxygen atoms in total. The van der Waals surface area contributed by atoms with Crippen molar-refractivity contribution in [2.24, 2.45) is 0 Å². The monoisotopic (exact) mass is 203 g/mol. The van der Waals surface area contributed by atoms with Gasteiger partial charge in [-0.25, -0.2) is 0 Å². The van der Waals surface area contributed by atoms with Gasteiger partial charge in [0.1, 0.15) is 11.2 Å². The highest BCUT2D eigenvalue weighted by Crippen LogP contribution is 2.18. The molecule has 1 heterocycles. The van der Waals surface area contributed by atoms with E-state index in [0.717, 1.165) is 17.0 Å². The van der Waals surface area contributed by atoms with Gasteiger partial charge in [-0.3, -0.25) is 0 Å². The first-order valence-corrected chi connectivity index (χ1v) is 4.72. The topological polar surface area (TPSA) is 30.7 Å². The lowest BCUT2D eigenvalue weighted by Gasteiger charge is -1.94. The summed E-state index contributed by atoms with van der Waals surface area (Å²) in [5.41, 5.74) is 4.25. The van der Waals surface area contributed by atoms with E-state index in [2.05, 4.69) is 10.2 Å². The number of hydrogen-bond acceptors (Lipinski definition) is 3. The Balaban J connectivity index is 2.51. The number of hydrogen-bond donors (Lipinski definition) is 0. The largest absolute Gasteiger partial charge is 0.153 e. The zero-order valence-corrected chi connectivity index (χ0v) is 8.53. The van der Waals surface area contributed by atoms with Gasteiger partial charge in [0.05, 0.1) is 5.69 Å². The van der Waals surface area contributed by atoms with Crippen LogP contribution in [0, 0.1) is 6.92 Å². The summed E-state index contributed by atoms with van der Waals surface area (Å²) >= 11 is 4.75. The summed E-state index contributed by atoms with van der Waals surface area (Å²) < 4.78 is 0. The first-order valence-electron chi connectivity index (χ1n) is 4.25. The Morgan fingerprint density at radius 3 is 2.50 bits per heavy atom. The van der Waals surface area contributed by atoms with Gasteiger partial charge in [-0.15, -0.1) is 9.90 Å². The van der Waals surface area contributed by atoms with Crippen LogP contribution in [0.25, 0.3) is 11.3 Å². The molecule has 0 spiro atoms. The van der Waals surface area contributed by atoms with E-state index in [1.54, 1.807) is 0 Å². The van der Waals surface area contributed by atoms with E-state index in [1.165, 1.54) is 10.3 Å².